The molecule has 0 atom stereocenters. The molecule has 0 bridgehead atoms. The maximum absolute atomic E-state index is 11.7. The van der Waals surface area contributed by atoms with Gasteiger partial charge in [-0.2, -0.15) is 18.3 Å². The average Bonchev–Trinajstić information content (AvgIpc) is 2.32. The van der Waals surface area contributed by atoms with Crippen molar-refractivity contribution in [3.63, 3.8) is 0 Å². The molecule has 1 heterocycles. The molecule has 66 valence electrons. The predicted molar refractivity (Wildman–Crippen MR) is 33.7 cm³/mol. The summed E-state index contributed by atoms with van der Waals surface area (Å²) in [7, 11) is 0. The molecule has 0 aliphatic carbocycles. The molecule has 1 rings (SSSR count). The summed E-state index contributed by atoms with van der Waals surface area (Å²) in [5.74, 6) is -1.92. The van der Waals surface area contributed by atoms with Gasteiger partial charge in [0.25, 0.3) is 5.78 Å². The van der Waals surface area contributed by atoms with Gasteiger partial charge in [0.2, 0.25) is 0 Å². The fourth-order valence-electron chi connectivity index (χ4n) is 0.680. The lowest BCUT2D eigenvalue weighted by molar-refractivity contribution is -0.0888. The highest BCUT2D eigenvalue weighted by Gasteiger charge is 2.40. The van der Waals surface area contributed by atoms with E-state index in [0.29, 0.717) is 5.69 Å². The Labute approximate surface area is 65.6 Å². The Balaban J connectivity index is 2.93. The number of halogens is 3. The molecule has 0 saturated heterocycles. The number of Topliss-reactive ketones (excluding diaryl/α,β-unsaturated/α-hetero) is 1. The molecule has 12 heavy (non-hydrogen) atoms. The lowest BCUT2D eigenvalue weighted by Crippen LogP contribution is -2.22. The predicted octanol–water partition coefficient (Wildman–Crippen LogP) is 1.46. The fraction of sp³-hybridized carbons (Fsp3) is 0.333. The normalized spacial score (nSPS) is 11.7. The van der Waals surface area contributed by atoms with E-state index >= 15 is 0 Å². The van der Waals surface area contributed by atoms with Crippen LogP contribution in [0.5, 0.6) is 0 Å². The number of nitrogens with one attached hydrogen (secondary N) is 1. The highest BCUT2D eigenvalue weighted by atomic mass is 19.4. The van der Waals surface area contributed by atoms with E-state index in [1.807, 2.05) is 0 Å². The molecule has 1 aromatic heterocycles. The molecule has 0 fully saturated rings. The molecule has 0 saturated carbocycles. The maximum atomic E-state index is 11.7. The van der Waals surface area contributed by atoms with E-state index in [-0.39, 0.29) is 0 Å². The number of carbonyl (C=O) groups is 1. The minimum Gasteiger partial charge on any atom is -0.282 e. The van der Waals surface area contributed by atoms with Crippen molar-refractivity contribution in [2.45, 2.75) is 13.1 Å². The van der Waals surface area contributed by atoms with Gasteiger partial charge in [-0.15, -0.1) is 0 Å². The number of ketones is 1. The minimum atomic E-state index is -4.85. The van der Waals surface area contributed by atoms with Crippen LogP contribution in [0, 0.1) is 6.92 Å². The fourth-order valence-corrected chi connectivity index (χ4v) is 0.680. The molecular weight excluding hydrogens is 173 g/mol. The van der Waals surface area contributed by atoms with Gasteiger partial charge in [0, 0.05) is 5.69 Å². The van der Waals surface area contributed by atoms with Crippen molar-refractivity contribution >= 4 is 5.78 Å². The molecule has 0 aliphatic rings. The van der Waals surface area contributed by atoms with Gasteiger partial charge in [0.15, 0.2) is 0 Å². The summed E-state index contributed by atoms with van der Waals surface area (Å²) in [6.07, 6.45) is -4.85. The first-order valence-electron chi connectivity index (χ1n) is 3.05. The summed E-state index contributed by atoms with van der Waals surface area (Å²) in [6.45, 7) is 1.51. The third kappa shape index (κ3) is 1.63. The third-order valence-electron chi connectivity index (χ3n) is 1.20. The molecule has 0 aromatic carbocycles. The molecule has 3 nitrogen and oxygen atoms in total. The summed E-state index contributed by atoms with van der Waals surface area (Å²) in [4.78, 5) is 10.5. The van der Waals surface area contributed by atoms with Gasteiger partial charge in [-0.1, -0.05) is 0 Å². The van der Waals surface area contributed by atoms with E-state index in [4.69, 9.17) is 0 Å². The number of hydrogen-bond donors (Lipinski definition) is 1. The van der Waals surface area contributed by atoms with Gasteiger partial charge < -0.3 is 0 Å². The molecule has 0 spiro atoms. The van der Waals surface area contributed by atoms with Crippen LogP contribution in [0.15, 0.2) is 6.07 Å². The second kappa shape index (κ2) is 2.62. The van der Waals surface area contributed by atoms with Crippen LogP contribution < -0.4 is 0 Å². The van der Waals surface area contributed by atoms with Crippen molar-refractivity contribution in [1.82, 2.24) is 10.2 Å². The lowest BCUT2D eigenvalue weighted by atomic mass is 10.2. The molecule has 6 heteroatoms. The standard InChI is InChI=1S/C6H5F3N2O/c1-3-2-4(11-10-3)5(12)6(7,8)9/h2H,1H3,(H,10,11). The topological polar surface area (TPSA) is 45.8 Å². The summed E-state index contributed by atoms with van der Waals surface area (Å²) in [6, 6.07) is 1.05. The summed E-state index contributed by atoms with van der Waals surface area (Å²) < 4.78 is 35.2. The second-order valence-electron chi connectivity index (χ2n) is 2.26. The van der Waals surface area contributed by atoms with Crippen LogP contribution in [0.3, 0.4) is 0 Å². The van der Waals surface area contributed by atoms with Gasteiger partial charge in [0.05, 0.1) is 0 Å². The second-order valence-corrected chi connectivity index (χ2v) is 2.26. The van der Waals surface area contributed by atoms with E-state index in [2.05, 4.69) is 10.2 Å². The highest BCUT2D eigenvalue weighted by Crippen LogP contribution is 2.20. The highest BCUT2D eigenvalue weighted by molar-refractivity contribution is 5.98. The quantitative estimate of drug-likeness (QED) is 0.661. The van der Waals surface area contributed by atoms with Crippen molar-refractivity contribution in [2.24, 2.45) is 0 Å². The summed E-state index contributed by atoms with van der Waals surface area (Å²) >= 11 is 0. The zero-order chi connectivity index (χ0) is 9.35. The van der Waals surface area contributed by atoms with Gasteiger partial charge in [-0.05, 0) is 13.0 Å². The molecule has 0 aliphatic heterocycles. The average molecular weight is 178 g/mol. The number of nitrogens with zero attached hydrogens (tertiary/aromatic N) is 1. The van der Waals surface area contributed by atoms with Crippen LogP contribution in [-0.4, -0.2) is 22.2 Å². The van der Waals surface area contributed by atoms with E-state index < -0.39 is 17.7 Å². The van der Waals surface area contributed by atoms with Crippen LogP contribution in [0.2, 0.25) is 0 Å². The van der Waals surface area contributed by atoms with Crippen molar-refractivity contribution in [3.05, 3.63) is 17.5 Å². The van der Waals surface area contributed by atoms with Gasteiger partial charge in [0.1, 0.15) is 5.69 Å². The number of aryl methyl sites for hydroxylation is 1. The molecule has 1 aromatic rings. The van der Waals surface area contributed by atoms with Gasteiger partial charge in [-0.25, -0.2) is 0 Å². The number of hydrogen-bond acceptors (Lipinski definition) is 2. The van der Waals surface area contributed by atoms with Crippen molar-refractivity contribution < 1.29 is 18.0 Å². The van der Waals surface area contributed by atoms with Crippen LogP contribution in [0.4, 0.5) is 13.2 Å². The largest absolute Gasteiger partial charge is 0.456 e. The Morgan fingerprint density at radius 3 is 2.50 bits per heavy atom. The molecule has 0 unspecified atom stereocenters. The number of aromatic amines is 1. The van der Waals surface area contributed by atoms with E-state index in [0.717, 1.165) is 6.07 Å². The van der Waals surface area contributed by atoms with E-state index in [1.165, 1.54) is 6.92 Å². The van der Waals surface area contributed by atoms with E-state index in [9.17, 15) is 18.0 Å². The SMILES string of the molecule is Cc1cc(C(=O)C(F)(F)F)n[nH]1. The smallest absolute Gasteiger partial charge is 0.282 e. The number of H-pyrrole nitrogens is 1. The monoisotopic (exact) mass is 178 g/mol. The Bertz CT molecular complexity index is 302. The first-order chi connectivity index (χ1) is 5.41. The first kappa shape index (κ1) is 8.76. The van der Waals surface area contributed by atoms with Crippen LogP contribution in [0.1, 0.15) is 16.2 Å². The Morgan fingerprint density at radius 1 is 1.58 bits per heavy atom. The van der Waals surface area contributed by atoms with Crippen LogP contribution in [0.25, 0.3) is 0 Å². The summed E-state index contributed by atoms with van der Waals surface area (Å²) in [5, 5.41) is 5.44. The summed E-state index contributed by atoms with van der Waals surface area (Å²) in [5.41, 5.74) is -0.178. The van der Waals surface area contributed by atoms with Gasteiger partial charge >= 0.3 is 6.18 Å². The molecule has 0 amide bonds. The number of carbonyl (C=O) groups excluding carboxylic acids is 1. The Hall–Kier alpha value is -1.33. The third-order valence-corrected chi connectivity index (χ3v) is 1.20. The minimum absolute atomic E-state index is 0.419. The van der Waals surface area contributed by atoms with Crippen LogP contribution >= 0.6 is 0 Å². The molecule has 1 N–H and O–H groups in total. The lowest BCUT2D eigenvalue weighted by Gasteiger charge is -1.99. The maximum Gasteiger partial charge on any atom is 0.456 e. The zero-order valence-electron chi connectivity index (χ0n) is 6.07. The molecular formula is C6H5F3N2O. The number of alkyl halides is 3. The Kier molecular flexibility index (Phi) is 1.91. The zero-order valence-corrected chi connectivity index (χ0v) is 6.07. The number of rotatable bonds is 1. The molecule has 0 radical (unpaired) electrons. The van der Waals surface area contributed by atoms with Crippen molar-refractivity contribution in [2.75, 3.05) is 0 Å². The van der Waals surface area contributed by atoms with Gasteiger partial charge in [-0.3, -0.25) is 9.89 Å². The van der Waals surface area contributed by atoms with E-state index in [1.54, 1.807) is 0 Å². The van der Waals surface area contributed by atoms with Crippen LogP contribution in [-0.2, 0) is 0 Å². The van der Waals surface area contributed by atoms with Crippen molar-refractivity contribution in [1.29, 1.82) is 0 Å². The first-order valence-corrected chi connectivity index (χ1v) is 3.05. The number of aromatic nitrogens is 2. The Morgan fingerprint density at radius 2 is 2.17 bits per heavy atom. The van der Waals surface area contributed by atoms with Crippen molar-refractivity contribution in [3.8, 4) is 0 Å².